The molecule has 68 valence electrons. The molecule has 0 unspecified atom stereocenters. The van der Waals surface area contributed by atoms with Gasteiger partial charge in [0.15, 0.2) is 0 Å². The predicted octanol–water partition coefficient (Wildman–Crippen LogP) is 2.81. The van der Waals surface area contributed by atoms with Gasteiger partial charge >= 0.3 is 0 Å². The predicted molar refractivity (Wildman–Crippen MR) is 58.7 cm³/mol. The number of benzene rings is 1. The van der Waals surface area contributed by atoms with E-state index in [4.69, 9.17) is 5.26 Å². The van der Waals surface area contributed by atoms with Crippen LogP contribution in [0.4, 0.5) is 0 Å². The van der Waals surface area contributed by atoms with Crippen molar-refractivity contribution in [1.82, 2.24) is 0 Å². The number of rotatable bonds is 3. The van der Waals surface area contributed by atoms with Crippen LogP contribution in [-0.2, 0) is 0 Å². The molecule has 0 aliphatic heterocycles. The first-order valence-electron chi connectivity index (χ1n) is 4.16. The molecule has 0 saturated carbocycles. The van der Waals surface area contributed by atoms with Crippen molar-refractivity contribution in [2.75, 3.05) is 0 Å². The molecule has 0 heterocycles. The fourth-order valence-electron chi connectivity index (χ4n) is 0.958. The smallest absolute Gasteiger partial charge is 0.111 e. The lowest BCUT2D eigenvalue weighted by molar-refractivity contribution is 1.53. The zero-order chi connectivity index (χ0) is 10.2. The number of hydrogen-bond donors (Lipinski definition) is 0. The van der Waals surface area contributed by atoms with E-state index >= 15 is 0 Å². The molecule has 0 N–H and O–H groups in total. The van der Waals surface area contributed by atoms with Crippen molar-refractivity contribution in [3.63, 3.8) is 0 Å². The molecule has 0 amide bonds. The van der Waals surface area contributed by atoms with Gasteiger partial charge in [-0.05, 0) is 17.2 Å². The number of aliphatic imine (C=N–C) groups is 1. The van der Waals surface area contributed by atoms with E-state index < -0.39 is 0 Å². The highest BCUT2D eigenvalue weighted by molar-refractivity contribution is 5.76. The van der Waals surface area contributed by atoms with Gasteiger partial charge in [-0.1, -0.05) is 36.9 Å². The minimum absolute atomic E-state index is 0.876. The van der Waals surface area contributed by atoms with E-state index in [2.05, 4.69) is 11.6 Å². The van der Waals surface area contributed by atoms with Gasteiger partial charge in [0.05, 0.1) is 0 Å². The van der Waals surface area contributed by atoms with E-state index in [-0.39, 0.29) is 0 Å². The van der Waals surface area contributed by atoms with Crippen molar-refractivity contribution >= 4 is 11.8 Å². The van der Waals surface area contributed by atoms with Crippen molar-refractivity contribution < 1.29 is 0 Å². The summed E-state index contributed by atoms with van der Waals surface area (Å²) in [6.45, 7) is 3.88. The van der Waals surface area contributed by atoms with Crippen LogP contribution in [0, 0.1) is 11.3 Å². The molecule has 1 rings (SSSR count). The van der Waals surface area contributed by atoms with Crippen molar-refractivity contribution in [3.8, 4) is 6.07 Å². The van der Waals surface area contributed by atoms with Crippen LogP contribution >= 0.6 is 0 Å². The third kappa shape index (κ3) is 3.08. The summed E-state index contributed by atoms with van der Waals surface area (Å²) >= 11 is 0. The van der Waals surface area contributed by atoms with E-state index in [0.29, 0.717) is 0 Å². The number of allylic oxidation sites excluding steroid dienone is 2. The Kier molecular flexibility index (Phi) is 3.90. The molecule has 1 aromatic carbocycles. The van der Waals surface area contributed by atoms with Gasteiger partial charge in [-0.15, -0.1) is 0 Å². The summed E-state index contributed by atoms with van der Waals surface area (Å²) in [7, 11) is 0. The van der Waals surface area contributed by atoms with Gasteiger partial charge < -0.3 is 0 Å². The zero-order valence-electron chi connectivity index (χ0n) is 7.72. The maximum absolute atomic E-state index is 8.19. The molecule has 0 saturated heterocycles. The third-order valence-corrected chi connectivity index (χ3v) is 1.64. The van der Waals surface area contributed by atoms with Gasteiger partial charge in [0.25, 0.3) is 0 Å². The van der Waals surface area contributed by atoms with Gasteiger partial charge in [0.1, 0.15) is 12.3 Å². The maximum Gasteiger partial charge on any atom is 0.111 e. The van der Waals surface area contributed by atoms with Crippen LogP contribution in [0.3, 0.4) is 0 Å². The molecule has 0 atom stereocenters. The summed E-state index contributed by atoms with van der Waals surface area (Å²) in [5, 5.41) is 8.19. The van der Waals surface area contributed by atoms with Crippen LogP contribution < -0.4 is 0 Å². The van der Waals surface area contributed by atoms with Crippen LogP contribution in [0.1, 0.15) is 5.56 Å². The Morgan fingerprint density at radius 3 is 2.71 bits per heavy atom. The van der Waals surface area contributed by atoms with Crippen molar-refractivity contribution in [2.45, 2.75) is 0 Å². The second kappa shape index (κ2) is 5.50. The molecule has 14 heavy (non-hydrogen) atoms. The molecule has 0 spiro atoms. The topological polar surface area (TPSA) is 36.1 Å². The van der Waals surface area contributed by atoms with Crippen LogP contribution in [0.15, 0.2) is 54.2 Å². The summed E-state index contributed by atoms with van der Waals surface area (Å²) in [6.07, 6.45) is 4.50. The molecule has 0 fully saturated rings. The molecule has 0 aromatic heterocycles. The van der Waals surface area contributed by atoms with Crippen LogP contribution in [-0.4, -0.2) is 6.21 Å². The molecular formula is C12H10N2. The number of nitrogens with zero attached hydrogens (tertiary/aromatic N) is 2. The lowest BCUT2D eigenvalue weighted by atomic mass is 10.1. The highest BCUT2D eigenvalue weighted by Crippen LogP contribution is 2.12. The van der Waals surface area contributed by atoms with Crippen LogP contribution in [0.2, 0.25) is 0 Å². The monoisotopic (exact) mass is 182 g/mol. The second-order valence-electron chi connectivity index (χ2n) is 2.61. The first-order chi connectivity index (χ1) is 6.84. The SMILES string of the molecule is C=C(/C=C\N=C\C#N)c1ccccc1. The fraction of sp³-hybridized carbons (Fsp3) is 0. The third-order valence-electron chi connectivity index (χ3n) is 1.64. The normalized spacial score (nSPS) is 10.5. The Hall–Kier alpha value is -2.14. The van der Waals surface area contributed by atoms with E-state index in [1.165, 1.54) is 6.21 Å². The quantitative estimate of drug-likeness (QED) is 0.523. The minimum atomic E-state index is 0.876. The van der Waals surface area contributed by atoms with E-state index in [9.17, 15) is 0 Å². The Morgan fingerprint density at radius 1 is 1.36 bits per heavy atom. The van der Waals surface area contributed by atoms with E-state index in [1.54, 1.807) is 12.3 Å². The summed E-state index contributed by atoms with van der Waals surface area (Å²) in [5.41, 5.74) is 1.93. The largest absolute Gasteiger partial charge is 0.253 e. The van der Waals surface area contributed by atoms with Gasteiger partial charge in [-0.25, -0.2) is 0 Å². The molecule has 0 aliphatic carbocycles. The summed E-state index contributed by atoms with van der Waals surface area (Å²) < 4.78 is 0. The first kappa shape index (κ1) is 9.94. The average molecular weight is 182 g/mol. The Bertz CT molecular complexity index is 394. The van der Waals surface area contributed by atoms with Crippen LogP contribution in [0.5, 0.6) is 0 Å². The molecule has 1 aromatic rings. The van der Waals surface area contributed by atoms with Gasteiger partial charge in [0.2, 0.25) is 0 Å². The van der Waals surface area contributed by atoms with Crippen molar-refractivity contribution in [2.24, 2.45) is 4.99 Å². The highest BCUT2D eigenvalue weighted by Gasteiger charge is 1.90. The van der Waals surface area contributed by atoms with Gasteiger partial charge in [0, 0.05) is 6.20 Å². The Labute approximate surface area is 83.5 Å². The molecule has 0 aliphatic rings. The first-order valence-corrected chi connectivity index (χ1v) is 4.16. The second-order valence-corrected chi connectivity index (χ2v) is 2.61. The van der Waals surface area contributed by atoms with E-state index in [1.807, 2.05) is 36.4 Å². The lowest BCUT2D eigenvalue weighted by Crippen LogP contribution is -1.76. The standard InChI is InChI=1S/C12H10N2/c1-11(7-9-14-10-8-13)12-5-3-2-4-6-12/h2-7,9-10H,1H2/b9-7-,14-10+. The molecule has 2 heteroatoms. The molecular weight excluding hydrogens is 172 g/mol. The highest BCUT2D eigenvalue weighted by atomic mass is 14.7. The zero-order valence-corrected chi connectivity index (χ0v) is 7.72. The van der Waals surface area contributed by atoms with Crippen LogP contribution in [0.25, 0.3) is 5.57 Å². The van der Waals surface area contributed by atoms with Gasteiger partial charge in [-0.3, -0.25) is 4.99 Å². The molecule has 2 nitrogen and oxygen atoms in total. The number of hydrogen-bond acceptors (Lipinski definition) is 2. The van der Waals surface area contributed by atoms with Crippen molar-refractivity contribution in [1.29, 1.82) is 5.26 Å². The van der Waals surface area contributed by atoms with Crippen molar-refractivity contribution in [3.05, 3.63) is 54.8 Å². The fourth-order valence-corrected chi connectivity index (χ4v) is 0.958. The van der Waals surface area contributed by atoms with E-state index in [0.717, 1.165) is 11.1 Å². The Balaban J connectivity index is 2.65. The summed E-state index contributed by atoms with van der Waals surface area (Å²) in [5.74, 6) is 0. The minimum Gasteiger partial charge on any atom is -0.253 e. The lowest BCUT2D eigenvalue weighted by Gasteiger charge is -1.97. The average Bonchev–Trinajstić information content (AvgIpc) is 2.25. The summed E-state index contributed by atoms with van der Waals surface area (Å²) in [6, 6.07) is 11.6. The molecule has 0 bridgehead atoms. The maximum atomic E-state index is 8.19. The van der Waals surface area contributed by atoms with Gasteiger partial charge in [-0.2, -0.15) is 5.26 Å². The summed E-state index contributed by atoms with van der Waals surface area (Å²) in [4.78, 5) is 3.73. The number of nitriles is 1. The molecule has 0 radical (unpaired) electrons. The Morgan fingerprint density at radius 2 is 2.07 bits per heavy atom.